The van der Waals surface area contributed by atoms with Crippen LogP contribution < -0.4 is 4.74 Å². The molecule has 1 aromatic carbocycles. The van der Waals surface area contributed by atoms with Crippen molar-refractivity contribution in [2.75, 3.05) is 13.4 Å². The summed E-state index contributed by atoms with van der Waals surface area (Å²) in [5, 5.41) is 8.56. The van der Waals surface area contributed by atoms with Crippen molar-refractivity contribution in [3.8, 4) is 5.75 Å². The quantitative estimate of drug-likeness (QED) is 0.855. The zero-order valence-electron chi connectivity index (χ0n) is 9.63. The lowest BCUT2D eigenvalue weighted by Gasteiger charge is -2.08. The molecule has 17 heavy (non-hydrogen) atoms. The fraction of sp³-hybridized carbons (Fsp3) is 0.364. The number of rotatable bonds is 5. The minimum Gasteiger partial charge on any atom is -0.495 e. The van der Waals surface area contributed by atoms with E-state index >= 15 is 0 Å². The smallest absolute Gasteiger partial charge is 0.303 e. The molecule has 0 atom stereocenters. The highest BCUT2D eigenvalue weighted by atomic mass is 32.2. The van der Waals surface area contributed by atoms with Gasteiger partial charge in [0, 0.05) is 12.7 Å². The first-order chi connectivity index (χ1) is 7.84. The SMILES string of the molecule is COc1ccc(CCC(=O)O)cc1S(C)(=O)=O. The monoisotopic (exact) mass is 258 g/mol. The molecule has 1 N–H and O–H groups in total. The van der Waals surface area contributed by atoms with Gasteiger partial charge in [-0.1, -0.05) is 6.07 Å². The van der Waals surface area contributed by atoms with E-state index in [0.29, 0.717) is 12.0 Å². The Labute approximate surface area is 100.0 Å². The molecule has 0 aliphatic rings. The third-order valence-electron chi connectivity index (χ3n) is 2.26. The number of hydrogen-bond acceptors (Lipinski definition) is 4. The standard InChI is InChI=1S/C11H14O5S/c1-16-9-5-3-8(4-6-11(12)13)7-10(9)17(2,14)15/h3,5,7H,4,6H2,1-2H3,(H,12,13). The van der Waals surface area contributed by atoms with E-state index in [2.05, 4.69) is 0 Å². The summed E-state index contributed by atoms with van der Waals surface area (Å²) in [4.78, 5) is 10.5. The van der Waals surface area contributed by atoms with Gasteiger partial charge in [0.05, 0.1) is 7.11 Å². The third kappa shape index (κ3) is 3.74. The Morgan fingerprint density at radius 2 is 2.06 bits per heavy atom. The lowest BCUT2D eigenvalue weighted by Crippen LogP contribution is -2.03. The van der Waals surface area contributed by atoms with Crippen molar-refractivity contribution in [2.24, 2.45) is 0 Å². The van der Waals surface area contributed by atoms with Crippen LogP contribution in [0, 0.1) is 0 Å². The van der Waals surface area contributed by atoms with Gasteiger partial charge in [0.2, 0.25) is 0 Å². The van der Waals surface area contributed by atoms with Crippen molar-refractivity contribution in [3.63, 3.8) is 0 Å². The van der Waals surface area contributed by atoms with E-state index in [1.165, 1.54) is 19.2 Å². The maximum absolute atomic E-state index is 11.5. The maximum atomic E-state index is 11.5. The number of carboxylic acids is 1. The summed E-state index contributed by atoms with van der Waals surface area (Å²) < 4.78 is 28.0. The highest BCUT2D eigenvalue weighted by Gasteiger charge is 2.15. The third-order valence-corrected chi connectivity index (χ3v) is 3.37. The van der Waals surface area contributed by atoms with Crippen LogP contribution in [0.15, 0.2) is 23.1 Å². The van der Waals surface area contributed by atoms with Crippen LogP contribution >= 0.6 is 0 Å². The Morgan fingerprint density at radius 3 is 2.53 bits per heavy atom. The van der Waals surface area contributed by atoms with Crippen molar-refractivity contribution in [2.45, 2.75) is 17.7 Å². The number of aryl methyl sites for hydroxylation is 1. The summed E-state index contributed by atoms with van der Waals surface area (Å²) in [5.74, 6) is -0.645. The van der Waals surface area contributed by atoms with Crippen molar-refractivity contribution >= 4 is 15.8 Å². The Hall–Kier alpha value is -1.56. The molecule has 5 nitrogen and oxygen atoms in total. The van der Waals surface area contributed by atoms with Crippen LogP contribution in [0.5, 0.6) is 5.75 Å². The summed E-state index contributed by atoms with van der Waals surface area (Å²) in [6, 6.07) is 4.65. The van der Waals surface area contributed by atoms with Gasteiger partial charge in [0.25, 0.3) is 0 Å². The summed E-state index contributed by atoms with van der Waals surface area (Å²) in [6.45, 7) is 0. The first-order valence-corrected chi connectivity index (χ1v) is 6.82. The molecule has 1 rings (SSSR count). The lowest BCUT2D eigenvalue weighted by atomic mass is 10.1. The summed E-state index contributed by atoms with van der Waals surface area (Å²) in [6.07, 6.45) is 1.35. The van der Waals surface area contributed by atoms with Crippen molar-refractivity contribution in [3.05, 3.63) is 23.8 Å². The minimum absolute atomic E-state index is 0.0322. The topological polar surface area (TPSA) is 80.7 Å². The van der Waals surface area contributed by atoms with Gasteiger partial charge in [-0.05, 0) is 24.1 Å². The van der Waals surface area contributed by atoms with Crippen LogP contribution in [-0.4, -0.2) is 32.9 Å². The van der Waals surface area contributed by atoms with Crippen LogP contribution in [0.3, 0.4) is 0 Å². The molecule has 0 unspecified atom stereocenters. The Kier molecular flexibility index (Phi) is 4.11. The van der Waals surface area contributed by atoms with E-state index in [1.807, 2.05) is 0 Å². The molecule has 0 saturated carbocycles. The number of carboxylic acid groups (broad SMARTS) is 1. The van der Waals surface area contributed by atoms with Crippen molar-refractivity contribution in [1.29, 1.82) is 0 Å². The normalized spacial score (nSPS) is 11.2. The van der Waals surface area contributed by atoms with E-state index < -0.39 is 15.8 Å². The molecule has 0 bridgehead atoms. The second kappa shape index (κ2) is 5.18. The molecule has 94 valence electrons. The molecule has 0 radical (unpaired) electrons. The Morgan fingerprint density at radius 1 is 1.41 bits per heavy atom. The highest BCUT2D eigenvalue weighted by Crippen LogP contribution is 2.25. The molecule has 1 aromatic rings. The Balaban J connectivity index is 3.10. The molecule has 0 amide bonds. The average Bonchev–Trinajstić information content (AvgIpc) is 2.24. The minimum atomic E-state index is -3.38. The summed E-state index contributed by atoms with van der Waals surface area (Å²) in [5.41, 5.74) is 0.661. The molecule has 0 aliphatic carbocycles. The predicted octanol–water partition coefficient (Wildman–Crippen LogP) is 1.12. The molecule has 0 saturated heterocycles. The van der Waals surface area contributed by atoms with Gasteiger partial charge in [0.1, 0.15) is 10.6 Å². The summed E-state index contributed by atoms with van der Waals surface area (Å²) in [7, 11) is -1.99. The van der Waals surface area contributed by atoms with Crippen LogP contribution in [0.1, 0.15) is 12.0 Å². The number of ether oxygens (including phenoxy) is 1. The van der Waals surface area contributed by atoms with Gasteiger partial charge in [-0.25, -0.2) is 8.42 Å². The number of benzene rings is 1. The number of sulfone groups is 1. The number of carbonyl (C=O) groups is 1. The van der Waals surface area contributed by atoms with Crippen LogP contribution in [0.4, 0.5) is 0 Å². The summed E-state index contributed by atoms with van der Waals surface area (Å²) >= 11 is 0. The van der Waals surface area contributed by atoms with Gasteiger partial charge in [-0.2, -0.15) is 0 Å². The van der Waals surface area contributed by atoms with Gasteiger partial charge in [-0.15, -0.1) is 0 Å². The molecule has 0 spiro atoms. The molecule has 0 heterocycles. The lowest BCUT2D eigenvalue weighted by molar-refractivity contribution is -0.136. The molecule has 0 aromatic heterocycles. The largest absolute Gasteiger partial charge is 0.495 e. The zero-order chi connectivity index (χ0) is 13.1. The molecular formula is C11H14O5S. The predicted molar refractivity (Wildman–Crippen MR) is 62.1 cm³/mol. The van der Waals surface area contributed by atoms with Crippen LogP contribution in [-0.2, 0) is 21.1 Å². The fourth-order valence-electron chi connectivity index (χ4n) is 1.42. The number of aliphatic carboxylic acids is 1. The second-order valence-electron chi connectivity index (χ2n) is 3.65. The first kappa shape index (κ1) is 13.5. The van der Waals surface area contributed by atoms with Gasteiger partial charge in [-0.3, -0.25) is 4.79 Å². The zero-order valence-corrected chi connectivity index (χ0v) is 10.5. The van der Waals surface area contributed by atoms with Gasteiger partial charge >= 0.3 is 5.97 Å². The molecular weight excluding hydrogens is 244 g/mol. The molecule has 6 heteroatoms. The molecule has 0 fully saturated rings. The van der Waals surface area contributed by atoms with E-state index in [9.17, 15) is 13.2 Å². The van der Waals surface area contributed by atoms with E-state index in [4.69, 9.17) is 9.84 Å². The van der Waals surface area contributed by atoms with Crippen molar-refractivity contribution < 1.29 is 23.1 Å². The van der Waals surface area contributed by atoms with Crippen molar-refractivity contribution in [1.82, 2.24) is 0 Å². The highest BCUT2D eigenvalue weighted by molar-refractivity contribution is 7.90. The molecule has 0 aliphatic heterocycles. The van der Waals surface area contributed by atoms with Crippen LogP contribution in [0.25, 0.3) is 0 Å². The Bertz CT molecular complexity index is 519. The van der Waals surface area contributed by atoms with Crippen LogP contribution in [0.2, 0.25) is 0 Å². The first-order valence-electron chi connectivity index (χ1n) is 4.93. The number of hydrogen-bond donors (Lipinski definition) is 1. The fourth-order valence-corrected chi connectivity index (χ4v) is 2.30. The van der Waals surface area contributed by atoms with E-state index in [-0.39, 0.29) is 17.1 Å². The second-order valence-corrected chi connectivity index (χ2v) is 5.64. The number of methoxy groups -OCH3 is 1. The van der Waals surface area contributed by atoms with Gasteiger partial charge < -0.3 is 9.84 Å². The average molecular weight is 258 g/mol. The maximum Gasteiger partial charge on any atom is 0.303 e. The van der Waals surface area contributed by atoms with E-state index in [1.54, 1.807) is 6.07 Å². The van der Waals surface area contributed by atoms with Gasteiger partial charge in [0.15, 0.2) is 9.84 Å². The van der Waals surface area contributed by atoms with E-state index in [0.717, 1.165) is 6.26 Å².